The molecule has 23 heavy (non-hydrogen) atoms. The van der Waals surface area contributed by atoms with Gasteiger partial charge in [0, 0.05) is 15.8 Å². The minimum Gasteiger partial charge on any atom is -0.507 e. The fraction of sp³-hybridized carbons (Fsp3) is 0.0625. The number of hydrogen-bond donors (Lipinski definition) is 1. The van der Waals surface area contributed by atoms with E-state index in [0.717, 1.165) is 10.2 Å². The summed E-state index contributed by atoms with van der Waals surface area (Å²) < 4.78 is 2.47. The summed E-state index contributed by atoms with van der Waals surface area (Å²) in [5, 5.41) is 22.8. The molecular weight excluding hydrogens is 376 g/mol. The molecule has 1 heterocycles. The van der Waals surface area contributed by atoms with Gasteiger partial charge in [0.05, 0.1) is 6.21 Å². The smallest absolute Gasteiger partial charge is 0.212 e. The van der Waals surface area contributed by atoms with E-state index in [1.807, 2.05) is 18.2 Å². The van der Waals surface area contributed by atoms with Crippen molar-refractivity contribution in [1.29, 1.82) is 0 Å². The number of benzene rings is 2. The molecule has 116 valence electrons. The monoisotopic (exact) mass is 388 g/mol. The first-order valence-corrected chi connectivity index (χ1v) is 8.60. The van der Waals surface area contributed by atoms with Gasteiger partial charge in [0.25, 0.3) is 0 Å². The maximum absolute atomic E-state index is 9.83. The summed E-state index contributed by atoms with van der Waals surface area (Å²) in [6, 6.07) is 15.3. The zero-order valence-electron chi connectivity index (χ0n) is 12.0. The first kappa shape index (κ1) is 15.8. The Labute approximate surface area is 146 Å². The molecule has 0 radical (unpaired) electrons. The summed E-state index contributed by atoms with van der Waals surface area (Å²) in [5.74, 6) is 0.959. The summed E-state index contributed by atoms with van der Waals surface area (Å²) in [7, 11) is 0. The van der Waals surface area contributed by atoms with E-state index in [9.17, 15) is 5.11 Å². The number of phenolic OH excluding ortho intramolecular Hbond substituents is 1. The Morgan fingerprint density at radius 1 is 1.22 bits per heavy atom. The highest BCUT2D eigenvalue weighted by Gasteiger charge is 2.05. The van der Waals surface area contributed by atoms with Crippen LogP contribution in [0.1, 0.15) is 11.1 Å². The van der Waals surface area contributed by atoms with E-state index in [-0.39, 0.29) is 5.75 Å². The van der Waals surface area contributed by atoms with Crippen LogP contribution in [-0.2, 0) is 5.75 Å². The van der Waals surface area contributed by atoms with Gasteiger partial charge >= 0.3 is 0 Å². The van der Waals surface area contributed by atoms with Crippen LogP contribution in [0.5, 0.6) is 5.75 Å². The molecule has 1 aromatic heterocycles. The van der Waals surface area contributed by atoms with E-state index in [1.165, 1.54) is 5.56 Å². The fourth-order valence-corrected chi connectivity index (χ4v) is 3.07. The van der Waals surface area contributed by atoms with Crippen molar-refractivity contribution in [2.75, 3.05) is 0 Å². The van der Waals surface area contributed by atoms with Crippen molar-refractivity contribution in [3.63, 3.8) is 0 Å². The number of halogens is 1. The highest BCUT2D eigenvalue weighted by molar-refractivity contribution is 9.10. The molecule has 0 unspecified atom stereocenters. The zero-order chi connectivity index (χ0) is 16.1. The largest absolute Gasteiger partial charge is 0.507 e. The van der Waals surface area contributed by atoms with Gasteiger partial charge in [-0.2, -0.15) is 9.78 Å². The van der Waals surface area contributed by atoms with Crippen molar-refractivity contribution in [2.45, 2.75) is 10.9 Å². The van der Waals surface area contributed by atoms with E-state index in [0.29, 0.717) is 10.7 Å². The van der Waals surface area contributed by atoms with Crippen molar-refractivity contribution in [3.05, 3.63) is 70.5 Å². The Morgan fingerprint density at radius 2 is 2.04 bits per heavy atom. The summed E-state index contributed by atoms with van der Waals surface area (Å²) in [4.78, 5) is 0. The minimum absolute atomic E-state index is 0.170. The van der Waals surface area contributed by atoms with Gasteiger partial charge in [-0.25, -0.2) is 0 Å². The number of hydrogen-bond acceptors (Lipinski definition) is 5. The number of rotatable bonds is 5. The molecule has 2 aromatic carbocycles. The molecule has 0 atom stereocenters. The van der Waals surface area contributed by atoms with Crippen LogP contribution in [0.3, 0.4) is 0 Å². The van der Waals surface area contributed by atoms with Crippen molar-refractivity contribution in [1.82, 2.24) is 14.9 Å². The Morgan fingerprint density at radius 3 is 2.87 bits per heavy atom. The van der Waals surface area contributed by atoms with Gasteiger partial charge in [-0.15, -0.1) is 10.2 Å². The SMILES string of the molecule is Oc1ccc(Br)cc1C=Nn1cnnc1SCc1ccccc1. The third-order valence-electron chi connectivity index (χ3n) is 3.02. The average Bonchev–Trinajstić information content (AvgIpc) is 3.02. The quantitative estimate of drug-likeness (QED) is 0.531. The minimum atomic E-state index is 0.170. The van der Waals surface area contributed by atoms with Gasteiger partial charge in [-0.05, 0) is 23.8 Å². The van der Waals surface area contributed by atoms with Gasteiger partial charge in [0.1, 0.15) is 12.1 Å². The van der Waals surface area contributed by atoms with Crippen LogP contribution < -0.4 is 0 Å². The molecule has 0 fully saturated rings. The summed E-state index contributed by atoms with van der Waals surface area (Å²) in [6.07, 6.45) is 3.12. The average molecular weight is 389 g/mol. The van der Waals surface area contributed by atoms with Crippen LogP contribution in [0, 0.1) is 0 Å². The molecule has 0 saturated heterocycles. The Balaban J connectivity index is 1.73. The van der Waals surface area contributed by atoms with Crippen LogP contribution in [0.25, 0.3) is 0 Å². The van der Waals surface area contributed by atoms with Crippen molar-refractivity contribution in [3.8, 4) is 5.75 Å². The maximum atomic E-state index is 9.83. The summed E-state index contributed by atoms with van der Waals surface area (Å²) >= 11 is 4.93. The number of aromatic hydroxyl groups is 1. The molecule has 0 amide bonds. The number of nitrogens with zero attached hydrogens (tertiary/aromatic N) is 4. The van der Waals surface area contributed by atoms with Gasteiger partial charge in [-0.3, -0.25) is 0 Å². The molecule has 5 nitrogen and oxygen atoms in total. The molecule has 3 rings (SSSR count). The molecule has 0 aliphatic carbocycles. The predicted molar refractivity (Wildman–Crippen MR) is 94.8 cm³/mol. The van der Waals surface area contributed by atoms with Gasteiger partial charge < -0.3 is 5.11 Å². The molecule has 7 heteroatoms. The fourth-order valence-electron chi connectivity index (χ4n) is 1.87. The van der Waals surface area contributed by atoms with Crippen LogP contribution in [0.4, 0.5) is 0 Å². The van der Waals surface area contributed by atoms with E-state index in [2.05, 4.69) is 43.4 Å². The van der Waals surface area contributed by atoms with Crippen molar-refractivity contribution >= 4 is 33.9 Å². The van der Waals surface area contributed by atoms with E-state index in [4.69, 9.17) is 0 Å². The van der Waals surface area contributed by atoms with Crippen LogP contribution in [-0.4, -0.2) is 26.2 Å². The predicted octanol–water partition coefficient (Wildman–Crippen LogP) is 3.92. The molecule has 0 bridgehead atoms. The van der Waals surface area contributed by atoms with E-state index in [1.54, 1.807) is 47.2 Å². The maximum Gasteiger partial charge on any atom is 0.212 e. The van der Waals surface area contributed by atoms with Crippen molar-refractivity contribution < 1.29 is 5.11 Å². The molecule has 3 aromatic rings. The number of aromatic nitrogens is 3. The molecule has 1 N–H and O–H groups in total. The molecule has 0 spiro atoms. The first-order chi connectivity index (χ1) is 11.2. The Kier molecular flexibility index (Phi) is 5.09. The molecule has 0 aliphatic heterocycles. The van der Waals surface area contributed by atoms with E-state index >= 15 is 0 Å². The summed E-state index contributed by atoms with van der Waals surface area (Å²) in [6.45, 7) is 0. The lowest BCUT2D eigenvalue weighted by atomic mass is 10.2. The normalized spacial score (nSPS) is 11.2. The molecular formula is C16H13BrN4OS. The highest BCUT2D eigenvalue weighted by Crippen LogP contribution is 2.22. The summed E-state index contributed by atoms with van der Waals surface area (Å²) in [5.41, 5.74) is 1.83. The zero-order valence-corrected chi connectivity index (χ0v) is 14.4. The lowest BCUT2D eigenvalue weighted by molar-refractivity contribution is 0.474. The molecule has 0 saturated carbocycles. The van der Waals surface area contributed by atoms with Crippen LogP contribution in [0.2, 0.25) is 0 Å². The van der Waals surface area contributed by atoms with Crippen LogP contribution >= 0.6 is 27.7 Å². The number of thioether (sulfide) groups is 1. The van der Waals surface area contributed by atoms with Gasteiger partial charge in [0.2, 0.25) is 5.16 Å². The second-order valence-electron chi connectivity index (χ2n) is 4.68. The topological polar surface area (TPSA) is 63.3 Å². The standard InChI is InChI=1S/C16H13BrN4OS/c17-14-6-7-15(22)13(8-14)9-19-21-11-18-20-16(21)23-10-12-4-2-1-3-5-12/h1-9,11,22H,10H2. The second-order valence-corrected chi connectivity index (χ2v) is 6.54. The number of phenols is 1. The lowest BCUT2D eigenvalue weighted by Gasteiger charge is -2.02. The molecule has 0 aliphatic rings. The van der Waals surface area contributed by atoms with E-state index < -0.39 is 0 Å². The third-order valence-corrected chi connectivity index (χ3v) is 4.52. The Hall–Kier alpha value is -2.12. The second kappa shape index (κ2) is 7.43. The highest BCUT2D eigenvalue weighted by atomic mass is 79.9. The first-order valence-electron chi connectivity index (χ1n) is 6.82. The van der Waals surface area contributed by atoms with Crippen molar-refractivity contribution in [2.24, 2.45) is 5.10 Å². The van der Waals surface area contributed by atoms with Gasteiger partial charge in [-0.1, -0.05) is 58.0 Å². The lowest BCUT2D eigenvalue weighted by Crippen LogP contribution is -1.93. The van der Waals surface area contributed by atoms with Crippen LogP contribution in [0.15, 0.2) is 69.6 Å². The third kappa shape index (κ3) is 4.20. The van der Waals surface area contributed by atoms with Gasteiger partial charge in [0.15, 0.2) is 0 Å². The Bertz CT molecular complexity index is 820.